The van der Waals surface area contributed by atoms with Crippen LogP contribution in [0.2, 0.25) is 0 Å². The molecule has 1 aliphatic carbocycles. The molecular weight excluding hydrogens is 264 g/mol. The smallest absolute Gasteiger partial charge is 0.312 e. The fourth-order valence-corrected chi connectivity index (χ4v) is 3.48. The summed E-state index contributed by atoms with van der Waals surface area (Å²) in [6, 6.07) is 9.91. The van der Waals surface area contributed by atoms with Gasteiger partial charge < -0.3 is 15.7 Å². The Labute approximate surface area is 126 Å². The minimum atomic E-state index is -0.756. The molecule has 116 valence electrons. The molecule has 0 radical (unpaired) electrons. The molecule has 3 unspecified atom stereocenters. The number of nitrogens with zero attached hydrogens (tertiary/aromatic N) is 1. The molecule has 0 aliphatic heterocycles. The van der Waals surface area contributed by atoms with E-state index in [1.165, 1.54) is 12.8 Å². The summed E-state index contributed by atoms with van der Waals surface area (Å²) >= 11 is 0. The molecular formula is C17H26N2O2. The van der Waals surface area contributed by atoms with E-state index in [0.29, 0.717) is 25.0 Å². The second-order valence-electron chi connectivity index (χ2n) is 6.09. The summed E-state index contributed by atoms with van der Waals surface area (Å²) in [7, 11) is 2.04. The molecule has 4 nitrogen and oxygen atoms in total. The average Bonchev–Trinajstić information content (AvgIpc) is 2.52. The van der Waals surface area contributed by atoms with Gasteiger partial charge in [0.15, 0.2) is 0 Å². The van der Waals surface area contributed by atoms with Crippen LogP contribution in [0.25, 0.3) is 0 Å². The van der Waals surface area contributed by atoms with Gasteiger partial charge in [0.1, 0.15) is 0 Å². The Kier molecular flexibility index (Phi) is 5.76. The number of carboxylic acid groups (broad SMARTS) is 1. The van der Waals surface area contributed by atoms with E-state index in [9.17, 15) is 9.90 Å². The third-order valence-electron chi connectivity index (χ3n) is 4.71. The molecule has 4 heteroatoms. The molecule has 0 spiro atoms. The Balaban J connectivity index is 2.07. The number of nitrogens with two attached hydrogens (primary N) is 1. The van der Waals surface area contributed by atoms with Crippen LogP contribution in [0.5, 0.6) is 0 Å². The van der Waals surface area contributed by atoms with Crippen molar-refractivity contribution in [1.29, 1.82) is 0 Å². The summed E-state index contributed by atoms with van der Waals surface area (Å²) in [4.78, 5) is 13.8. The van der Waals surface area contributed by atoms with Crippen LogP contribution in [0.3, 0.4) is 0 Å². The van der Waals surface area contributed by atoms with Crippen LogP contribution in [0.15, 0.2) is 30.3 Å². The van der Waals surface area contributed by atoms with Crippen LogP contribution in [0, 0.1) is 5.92 Å². The number of aliphatic carboxylic acids is 1. The zero-order valence-corrected chi connectivity index (χ0v) is 12.7. The molecule has 1 saturated carbocycles. The van der Waals surface area contributed by atoms with E-state index in [-0.39, 0.29) is 0 Å². The summed E-state index contributed by atoms with van der Waals surface area (Å²) in [6.07, 6.45) is 4.75. The maximum Gasteiger partial charge on any atom is 0.312 e. The van der Waals surface area contributed by atoms with Gasteiger partial charge in [-0.05, 0) is 37.9 Å². The first-order valence-electron chi connectivity index (χ1n) is 7.81. The van der Waals surface area contributed by atoms with Crippen LogP contribution in [-0.4, -0.2) is 42.2 Å². The second kappa shape index (κ2) is 7.57. The standard InChI is InChI=1S/C17H26N2O2/c1-19(16-10-6-5-9-14(16)11-18)12-15(17(20)21)13-7-3-2-4-8-13/h2-4,7-8,14-16H,5-6,9-12,18H2,1H3,(H,20,21). The first-order chi connectivity index (χ1) is 10.1. The van der Waals surface area contributed by atoms with Gasteiger partial charge in [0.2, 0.25) is 0 Å². The Morgan fingerprint density at radius 1 is 1.33 bits per heavy atom. The zero-order chi connectivity index (χ0) is 15.2. The number of carboxylic acids is 1. The fraction of sp³-hybridized carbons (Fsp3) is 0.588. The van der Waals surface area contributed by atoms with Crippen LogP contribution in [0.4, 0.5) is 0 Å². The summed E-state index contributed by atoms with van der Waals surface area (Å²) in [5.74, 6) is -0.737. The van der Waals surface area contributed by atoms with Crippen LogP contribution >= 0.6 is 0 Å². The lowest BCUT2D eigenvalue weighted by Gasteiger charge is -2.38. The highest BCUT2D eigenvalue weighted by molar-refractivity contribution is 5.76. The lowest BCUT2D eigenvalue weighted by molar-refractivity contribution is -0.139. The molecule has 1 aromatic carbocycles. The molecule has 3 atom stereocenters. The van der Waals surface area contributed by atoms with Gasteiger partial charge in [0.25, 0.3) is 0 Å². The van der Waals surface area contributed by atoms with Gasteiger partial charge in [-0.25, -0.2) is 0 Å². The lowest BCUT2D eigenvalue weighted by Crippen LogP contribution is -2.45. The van der Waals surface area contributed by atoms with Crippen molar-refractivity contribution in [3.63, 3.8) is 0 Å². The summed E-state index contributed by atoms with van der Waals surface area (Å²) < 4.78 is 0. The third-order valence-corrected chi connectivity index (χ3v) is 4.71. The van der Waals surface area contributed by atoms with E-state index in [1.54, 1.807) is 0 Å². The number of hydrogen-bond donors (Lipinski definition) is 2. The Morgan fingerprint density at radius 2 is 2.00 bits per heavy atom. The molecule has 21 heavy (non-hydrogen) atoms. The fourth-order valence-electron chi connectivity index (χ4n) is 3.48. The Morgan fingerprint density at radius 3 is 2.62 bits per heavy atom. The van der Waals surface area contributed by atoms with Gasteiger partial charge in [0.05, 0.1) is 5.92 Å². The van der Waals surface area contributed by atoms with Crippen molar-refractivity contribution in [2.45, 2.75) is 37.6 Å². The largest absolute Gasteiger partial charge is 0.481 e. The highest BCUT2D eigenvalue weighted by atomic mass is 16.4. The second-order valence-corrected chi connectivity index (χ2v) is 6.09. The van der Waals surface area contributed by atoms with E-state index in [1.807, 2.05) is 37.4 Å². The maximum atomic E-state index is 11.6. The quantitative estimate of drug-likeness (QED) is 0.843. The number of rotatable bonds is 6. The molecule has 0 bridgehead atoms. The molecule has 0 amide bonds. The van der Waals surface area contributed by atoms with Gasteiger partial charge in [-0.2, -0.15) is 0 Å². The van der Waals surface area contributed by atoms with Crippen molar-refractivity contribution in [3.05, 3.63) is 35.9 Å². The molecule has 0 saturated heterocycles. The minimum Gasteiger partial charge on any atom is -0.481 e. The van der Waals surface area contributed by atoms with Crippen molar-refractivity contribution in [2.75, 3.05) is 20.1 Å². The normalized spacial score (nSPS) is 24.0. The molecule has 2 rings (SSSR count). The predicted molar refractivity (Wildman–Crippen MR) is 84.2 cm³/mol. The van der Waals surface area contributed by atoms with Gasteiger partial charge in [-0.1, -0.05) is 43.2 Å². The summed E-state index contributed by atoms with van der Waals surface area (Å²) in [5, 5.41) is 9.55. The van der Waals surface area contributed by atoms with E-state index >= 15 is 0 Å². The van der Waals surface area contributed by atoms with Crippen LogP contribution < -0.4 is 5.73 Å². The molecule has 0 aromatic heterocycles. The number of carbonyl (C=O) groups is 1. The van der Waals surface area contributed by atoms with Crippen molar-refractivity contribution < 1.29 is 9.90 Å². The van der Waals surface area contributed by atoms with Crippen molar-refractivity contribution >= 4 is 5.97 Å². The molecule has 0 heterocycles. The predicted octanol–water partition coefficient (Wildman–Crippen LogP) is 2.30. The van der Waals surface area contributed by atoms with Crippen LogP contribution in [0.1, 0.15) is 37.2 Å². The van der Waals surface area contributed by atoms with Crippen molar-refractivity contribution in [3.8, 4) is 0 Å². The van der Waals surface area contributed by atoms with Crippen LogP contribution in [-0.2, 0) is 4.79 Å². The highest BCUT2D eigenvalue weighted by Crippen LogP contribution is 2.29. The first kappa shape index (κ1) is 16.0. The van der Waals surface area contributed by atoms with E-state index in [4.69, 9.17) is 5.73 Å². The van der Waals surface area contributed by atoms with Gasteiger partial charge >= 0.3 is 5.97 Å². The third kappa shape index (κ3) is 4.05. The van der Waals surface area contributed by atoms with Gasteiger partial charge in [-0.15, -0.1) is 0 Å². The molecule has 1 aromatic rings. The molecule has 3 N–H and O–H groups in total. The molecule has 1 fully saturated rings. The number of benzene rings is 1. The highest BCUT2D eigenvalue weighted by Gasteiger charge is 2.30. The van der Waals surface area contributed by atoms with E-state index in [2.05, 4.69) is 4.90 Å². The monoisotopic (exact) mass is 290 g/mol. The van der Waals surface area contributed by atoms with E-state index in [0.717, 1.165) is 18.4 Å². The summed E-state index contributed by atoms with van der Waals surface area (Å²) in [6.45, 7) is 1.23. The van der Waals surface area contributed by atoms with Crippen molar-refractivity contribution in [1.82, 2.24) is 4.90 Å². The Bertz CT molecular complexity index is 449. The summed E-state index contributed by atoms with van der Waals surface area (Å²) in [5.41, 5.74) is 6.76. The lowest BCUT2D eigenvalue weighted by atomic mass is 9.83. The average molecular weight is 290 g/mol. The number of hydrogen-bond acceptors (Lipinski definition) is 3. The SMILES string of the molecule is CN(CC(C(=O)O)c1ccccc1)C1CCCCC1CN. The first-order valence-corrected chi connectivity index (χ1v) is 7.81. The zero-order valence-electron chi connectivity index (χ0n) is 12.7. The maximum absolute atomic E-state index is 11.6. The Hall–Kier alpha value is -1.39. The number of likely N-dealkylation sites (N-methyl/N-ethyl adjacent to an activating group) is 1. The molecule has 1 aliphatic rings. The van der Waals surface area contributed by atoms with Gasteiger partial charge in [-0.3, -0.25) is 4.79 Å². The van der Waals surface area contributed by atoms with Crippen molar-refractivity contribution in [2.24, 2.45) is 11.7 Å². The minimum absolute atomic E-state index is 0.411. The topological polar surface area (TPSA) is 66.6 Å². The van der Waals surface area contributed by atoms with E-state index < -0.39 is 11.9 Å². The van der Waals surface area contributed by atoms with Gasteiger partial charge in [0, 0.05) is 12.6 Å².